The summed E-state index contributed by atoms with van der Waals surface area (Å²) in [4.78, 5) is 8.32. The smallest absolute Gasteiger partial charge is 0.194 e. The van der Waals surface area contributed by atoms with E-state index >= 15 is 0 Å². The van der Waals surface area contributed by atoms with E-state index in [2.05, 4.69) is 15.3 Å². The summed E-state index contributed by atoms with van der Waals surface area (Å²) in [7, 11) is 0. The first-order valence-electron chi connectivity index (χ1n) is 5.44. The van der Waals surface area contributed by atoms with Crippen LogP contribution in [0.2, 0.25) is 0 Å². The number of nitrogens with one attached hydrogen (secondary N) is 1. The molecule has 1 atom stereocenters. The molecule has 1 aromatic rings. The third kappa shape index (κ3) is 3.20. The molecule has 1 saturated heterocycles. The van der Waals surface area contributed by atoms with Crippen LogP contribution in [0.1, 0.15) is 12.8 Å². The molecule has 0 bridgehead atoms. The summed E-state index contributed by atoms with van der Waals surface area (Å²) in [5.74, 6) is 1.09. The van der Waals surface area contributed by atoms with E-state index in [1.54, 1.807) is 6.20 Å². The summed E-state index contributed by atoms with van der Waals surface area (Å²) in [6, 6.07) is 5.59. The number of aliphatic imine (C=N–C) groups is 1. The van der Waals surface area contributed by atoms with Crippen LogP contribution in [0.15, 0.2) is 29.4 Å². The summed E-state index contributed by atoms with van der Waals surface area (Å²) in [6.07, 6.45) is 4.12. The van der Waals surface area contributed by atoms with Crippen molar-refractivity contribution in [1.29, 1.82) is 0 Å². The Labute approximate surface area is 94.7 Å². The predicted molar refractivity (Wildman–Crippen MR) is 63.3 cm³/mol. The quantitative estimate of drug-likeness (QED) is 0.588. The van der Waals surface area contributed by atoms with Crippen LogP contribution in [-0.2, 0) is 4.74 Å². The van der Waals surface area contributed by atoms with Gasteiger partial charge >= 0.3 is 0 Å². The molecule has 0 aromatic carbocycles. The van der Waals surface area contributed by atoms with E-state index in [-0.39, 0.29) is 6.10 Å². The van der Waals surface area contributed by atoms with Gasteiger partial charge in [-0.2, -0.15) is 0 Å². The summed E-state index contributed by atoms with van der Waals surface area (Å²) in [5.41, 5.74) is 5.73. The highest BCUT2D eigenvalue weighted by molar-refractivity contribution is 5.91. The molecule has 2 heterocycles. The van der Waals surface area contributed by atoms with E-state index in [1.165, 1.54) is 0 Å². The second kappa shape index (κ2) is 5.46. The molecule has 3 N–H and O–H groups in total. The van der Waals surface area contributed by atoms with Gasteiger partial charge < -0.3 is 15.8 Å². The van der Waals surface area contributed by atoms with Crippen LogP contribution in [0.3, 0.4) is 0 Å². The van der Waals surface area contributed by atoms with Gasteiger partial charge in [-0.3, -0.25) is 4.99 Å². The Balaban J connectivity index is 1.82. The summed E-state index contributed by atoms with van der Waals surface area (Å²) in [6.45, 7) is 1.46. The van der Waals surface area contributed by atoms with Crippen molar-refractivity contribution >= 4 is 11.8 Å². The van der Waals surface area contributed by atoms with E-state index in [4.69, 9.17) is 10.5 Å². The van der Waals surface area contributed by atoms with Crippen molar-refractivity contribution in [3.8, 4) is 0 Å². The minimum Gasteiger partial charge on any atom is -0.376 e. The third-order valence-electron chi connectivity index (χ3n) is 2.41. The maximum atomic E-state index is 5.73. The third-order valence-corrected chi connectivity index (χ3v) is 2.41. The molecule has 0 spiro atoms. The van der Waals surface area contributed by atoms with Crippen molar-refractivity contribution in [1.82, 2.24) is 4.98 Å². The number of guanidine groups is 1. The van der Waals surface area contributed by atoms with Gasteiger partial charge in [0.15, 0.2) is 5.96 Å². The summed E-state index contributed by atoms with van der Waals surface area (Å²) < 4.78 is 5.45. The number of nitrogens with two attached hydrogens (primary N) is 1. The number of rotatable bonds is 3. The minimum absolute atomic E-state index is 0.226. The van der Waals surface area contributed by atoms with Crippen LogP contribution in [0.25, 0.3) is 0 Å². The fourth-order valence-electron chi connectivity index (χ4n) is 1.60. The summed E-state index contributed by atoms with van der Waals surface area (Å²) in [5, 5.41) is 2.93. The van der Waals surface area contributed by atoms with E-state index < -0.39 is 0 Å². The van der Waals surface area contributed by atoms with Crippen molar-refractivity contribution in [2.75, 3.05) is 18.5 Å². The van der Waals surface area contributed by atoms with E-state index in [0.717, 1.165) is 19.4 Å². The summed E-state index contributed by atoms with van der Waals surface area (Å²) >= 11 is 0. The zero-order valence-corrected chi connectivity index (χ0v) is 9.10. The fourth-order valence-corrected chi connectivity index (χ4v) is 1.60. The lowest BCUT2D eigenvalue weighted by atomic mass is 10.2. The maximum absolute atomic E-state index is 5.73. The van der Waals surface area contributed by atoms with E-state index in [9.17, 15) is 0 Å². The Morgan fingerprint density at radius 3 is 3.25 bits per heavy atom. The molecule has 1 aliphatic heterocycles. The average Bonchev–Trinajstić information content (AvgIpc) is 2.81. The van der Waals surface area contributed by atoms with Gasteiger partial charge in [-0.25, -0.2) is 4.98 Å². The number of hydrogen-bond donors (Lipinski definition) is 2. The molecule has 0 aliphatic carbocycles. The van der Waals surface area contributed by atoms with Crippen LogP contribution < -0.4 is 11.1 Å². The second-order valence-electron chi connectivity index (χ2n) is 3.70. The van der Waals surface area contributed by atoms with Crippen molar-refractivity contribution in [2.24, 2.45) is 10.7 Å². The van der Waals surface area contributed by atoms with Crippen molar-refractivity contribution in [3.05, 3.63) is 24.4 Å². The standard InChI is InChI=1S/C11H16N4O/c12-11(14-8-9-4-3-7-16-9)15-10-5-1-2-6-13-10/h1-2,5-6,9H,3-4,7-8H2,(H3,12,13,14,15). The van der Waals surface area contributed by atoms with Crippen LogP contribution in [-0.4, -0.2) is 30.2 Å². The molecule has 5 nitrogen and oxygen atoms in total. The maximum Gasteiger partial charge on any atom is 0.194 e. The van der Waals surface area contributed by atoms with Crippen molar-refractivity contribution in [2.45, 2.75) is 18.9 Å². The molecule has 1 aliphatic rings. The Bertz CT molecular complexity index is 346. The number of ether oxygens (including phenoxy) is 1. The number of hydrogen-bond acceptors (Lipinski definition) is 3. The number of aromatic nitrogens is 1. The number of nitrogens with zero attached hydrogens (tertiary/aromatic N) is 2. The van der Waals surface area contributed by atoms with Crippen molar-refractivity contribution < 1.29 is 4.74 Å². The van der Waals surface area contributed by atoms with Gasteiger partial charge in [0, 0.05) is 12.8 Å². The minimum atomic E-state index is 0.226. The topological polar surface area (TPSA) is 72.5 Å². The van der Waals surface area contributed by atoms with Gasteiger partial charge in [-0.1, -0.05) is 6.07 Å². The number of pyridine rings is 1. The first-order chi connectivity index (χ1) is 7.84. The molecule has 1 fully saturated rings. The van der Waals surface area contributed by atoms with E-state index in [0.29, 0.717) is 18.3 Å². The molecule has 86 valence electrons. The normalized spacial score (nSPS) is 21.0. The highest BCUT2D eigenvalue weighted by Crippen LogP contribution is 2.11. The SMILES string of the molecule is NC(=NCC1CCCO1)Nc1ccccn1. The highest BCUT2D eigenvalue weighted by Gasteiger charge is 2.14. The van der Waals surface area contributed by atoms with Gasteiger partial charge in [0.1, 0.15) is 5.82 Å². The molecular weight excluding hydrogens is 204 g/mol. The fraction of sp³-hybridized carbons (Fsp3) is 0.455. The lowest BCUT2D eigenvalue weighted by molar-refractivity contribution is 0.118. The first-order valence-corrected chi connectivity index (χ1v) is 5.44. The van der Waals surface area contributed by atoms with Gasteiger partial charge in [0.05, 0.1) is 12.6 Å². The van der Waals surface area contributed by atoms with Crippen LogP contribution in [0.5, 0.6) is 0 Å². The van der Waals surface area contributed by atoms with Crippen LogP contribution in [0, 0.1) is 0 Å². The first kappa shape index (κ1) is 10.9. The average molecular weight is 220 g/mol. The molecule has 0 amide bonds. The Kier molecular flexibility index (Phi) is 3.71. The Morgan fingerprint density at radius 1 is 1.62 bits per heavy atom. The largest absolute Gasteiger partial charge is 0.376 e. The van der Waals surface area contributed by atoms with Crippen LogP contribution >= 0.6 is 0 Å². The van der Waals surface area contributed by atoms with Gasteiger partial charge in [-0.05, 0) is 25.0 Å². The zero-order chi connectivity index (χ0) is 11.2. The molecule has 1 aromatic heterocycles. The molecule has 0 radical (unpaired) electrons. The Morgan fingerprint density at radius 2 is 2.56 bits per heavy atom. The van der Waals surface area contributed by atoms with Gasteiger partial charge in [-0.15, -0.1) is 0 Å². The molecule has 2 rings (SSSR count). The van der Waals surface area contributed by atoms with Crippen molar-refractivity contribution in [3.63, 3.8) is 0 Å². The highest BCUT2D eigenvalue weighted by atomic mass is 16.5. The monoisotopic (exact) mass is 220 g/mol. The Hall–Kier alpha value is -1.62. The molecule has 5 heteroatoms. The van der Waals surface area contributed by atoms with E-state index in [1.807, 2.05) is 18.2 Å². The molecule has 1 unspecified atom stereocenters. The van der Waals surface area contributed by atoms with Crippen LogP contribution in [0.4, 0.5) is 5.82 Å². The van der Waals surface area contributed by atoms with Gasteiger partial charge in [0.25, 0.3) is 0 Å². The second-order valence-corrected chi connectivity index (χ2v) is 3.70. The van der Waals surface area contributed by atoms with Gasteiger partial charge in [0.2, 0.25) is 0 Å². The number of anilines is 1. The molecular formula is C11H16N4O. The lowest BCUT2D eigenvalue weighted by Crippen LogP contribution is -2.25. The predicted octanol–water partition coefficient (Wildman–Crippen LogP) is 0.987. The lowest BCUT2D eigenvalue weighted by Gasteiger charge is -2.07. The molecule has 16 heavy (non-hydrogen) atoms. The molecule has 0 saturated carbocycles. The zero-order valence-electron chi connectivity index (χ0n) is 9.10.